The third kappa shape index (κ3) is 2.75. The highest BCUT2D eigenvalue weighted by Crippen LogP contribution is 2.29. The van der Waals surface area contributed by atoms with Crippen LogP contribution in [0.25, 0.3) is 0 Å². The van der Waals surface area contributed by atoms with Gasteiger partial charge in [0.05, 0.1) is 0 Å². The summed E-state index contributed by atoms with van der Waals surface area (Å²) in [5, 5.41) is 0. The molecule has 1 rings (SSSR count). The maximum Gasteiger partial charge on any atom is 0.0470 e. The molecular weight excluding hydrogens is 160 g/mol. The van der Waals surface area contributed by atoms with E-state index in [-0.39, 0.29) is 0 Å². The Morgan fingerprint density at radius 2 is 1.40 bits per heavy atom. The molecule has 0 aromatic carbocycles. The van der Waals surface area contributed by atoms with E-state index in [1.807, 2.05) is 0 Å². The lowest BCUT2D eigenvalue weighted by Gasteiger charge is -2.15. The largest absolute Gasteiger partial charge is 0.165 e. The molecule has 0 nitrogen and oxygen atoms in total. The summed E-state index contributed by atoms with van der Waals surface area (Å²) < 4.78 is 0.318. The van der Waals surface area contributed by atoms with Crippen LogP contribution in [0.2, 0.25) is 0 Å². The smallest absolute Gasteiger partial charge is 0.0470 e. The number of thiol groups is 2. The van der Waals surface area contributed by atoms with Gasteiger partial charge in [-0.2, -0.15) is 25.3 Å². The lowest BCUT2D eigenvalue weighted by molar-refractivity contribution is 0.499. The first-order valence-electron chi connectivity index (χ1n) is 4.17. The molecule has 0 unspecified atom stereocenters. The maximum atomic E-state index is 4.35. The SMILES string of the molecule is SC(S)C1CCCCCC1. The molecule has 1 saturated carbocycles. The number of hydrogen-bond donors (Lipinski definition) is 2. The monoisotopic (exact) mass is 176 g/mol. The molecule has 0 amide bonds. The molecule has 10 heavy (non-hydrogen) atoms. The van der Waals surface area contributed by atoms with Crippen molar-refractivity contribution in [3.05, 3.63) is 0 Å². The summed E-state index contributed by atoms with van der Waals surface area (Å²) in [7, 11) is 0. The maximum absolute atomic E-state index is 4.35. The topological polar surface area (TPSA) is 0 Å². The van der Waals surface area contributed by atoms with Gasteiger partial charge in [-0.25, -0.2) is 0 Å². The van der Waals surface area contributed by atoms with Crippen molar-refractivity contribution in [3.63, 3.8) is 0 Å². The first kappa shape index (κ1) is 8.79. The van der Waals surface area contributed by atoms with Gasteiger partial charge < -0.3 is 0 Å². The van der Waals surface area contributed by atoms with Crippen LogP contribution in [0, 0.1) is 5.92 Å². The first-order valence-corrected chi connectivity index (χ1v) is 5.20. The Kier molecular flexibility index (Phi) is 4.00. The highest BCUT2D eigenvalue weighted by molar-refractivity contribution is 7.99. The van der Waals surface area contributed by atoms with Crippen molar-refractivity contribution in [2.75, 3.05) is 0 Å². The van der Waals surface area contributed by atoms with E-state index in [2.05, 4.69) is 25.3 Å². The normalized spacial score (nSPS) is 23.1. The Bertz CT molecular complexity index is 83.3. The average molecular weight is 176 g/mol. The Labute approximate surface area is 74.6 Å². The molecule has 0 bridgehead atoms. The third-order valence-electron chi connectivity index (χ3n) is 2.32. The predicted octanol–water partition coefficient (Wildman–Crippen LogP) is 3.14. The van der Waals surface area contributed by atoms with Gasteiger partial charge in [0.2, 0.25) is 0 Å². The van der Waals surface area contributed by atoms with Crippen LogP contribution in [0.4, 0.5) is 0 Å². The predicted molar refractivity (Wildman–Crippen MR) is 53.0 cm³/mol. The molecule has 0 heterocycles. The molecule has 0 radical (unpaired) electrons. The van der Waals surface area contributed by atoms with E-state index >= 15 is 0 Å². The molecule has 0 N–H and O–H groups in total. The summed E-state index contributed by atoms with van der Waals surface area (Å²) in [6, 6.07) is 0. The van der Waals surface area contributed by atoms with Crippen molar-refractivity contribution >= 4 is 25.3 Å². The number of hydrogen-bond acceptors (Lipinski definition) is 2. The summed E-state index contributed by atoms with van der Waals surface area (Å²) in [4.78, 5) is 0. The lowest BCUT2D eigenvalue weighted by Crippen LogP contribution is -2.07. The highest BCUT2D eigenvalue weighted by atomic mass is 32.2. The fraction of sp³-hybridized carbons (Fsp3) is 1.00. The molecule has 0 aromatic heterocycles. The molecule has 0 spiro atoms. The van der Waals surface area contributed by atoms with Gasteiger partial charge in [0.15, 0.2) is 0 Å². The third-order valence-corrected chi connectivity index (χ3v) is 3.16. The molecule has 0 aliphatic heterocycles. The summed E-state index contributed by atoms with van der Waals surface area (Å²) in [5.41, 5.74) is 0. The first-order chi connectivity index (χ1) is 4.80. The van der Waals surface area contributed by atoms with Crippen LogP contribution in [0.1, 0.15) is 38.5 Å². The second kappa shape index (κ2) is 4.55. The molecule has 2 heteroatoms. The minimum absolute atomic E-state index is 0.318. The molecule has 1 aliphatic rings. The van der Waals surface area contributed by atoms with Crippen molar-refractivity contribution in [2.45, 2.75) is 43.1 Å². The van der Waals surface area contributed by atoms with Crippen LogP contribution in [0.5, 0.6) is 0 Å². The Morgan fingerprint density at radius 3 is 1.80 bits per heavy atom. The van der Waals surface area contributed by atoms with Gasteiger partial charge in [-0.05, 0) is 18.8 Å². The molecule has 0 saturated heterocycles. The number of rotatable bonds is 1. The van der Waals surface area contributed by atoms with Crippen LogP contribution >= 0.6 is 25.3 Å². The fourth-order valence-electron chi connectivity index (χ4n) is 1.61. The van der Waals surface area contributed by atoms with Crippen LogP contribution < -0.4 is 0 Å². The lowest BCUT2D eigenvalue weighted by atomic mass is 10.0. The van der Waals surface area contributed by atoms with Crippen LogP contribution in [0.3, 0.4) is 0 Å². The van der Waals surface area contributed by atoms with Gasteiger partial charge in [0.1, 0.15) is 0 Å². The highest BCUT2D eigenvalue weighted by Gasteiger charge is 2.15. The molecule has 0 aromatic rings. The Balaban J connectivity index is 2.28. The molecule has 0 atom stereocenters. The van der Waals surface area contributed by atoms with Crippen molar-refractivity contribution in [1.29, 1.82) is 0 Å². The van der Waals surface area contributed by atoms with Gasteiger partial charge in [-0.15, -0.1) is 0 Å². The minimum atomic E-state index is 0.318. The van der Waals surface area contributed by atoms with Gasteiger partial charge in [0, 0.05) is 4.58 Å². The van der Waals surface area contributed by atoms with E-state index in [1.165, 1.54) is 38.5 Å². The van der Waals surface area contributed by atoms with Gasteiger partial charge in [0.25, 0.3) is 0 Å². The quantitative estimate of drug-likeness (QED) is 0.342. The van der Waals surface area contributed by atoms with Crippen LogP contribution in [-0.4, -0.2) is 4.58 Å². The molecule has 1 aliphatic carbocycles. The Hall–Kier alpha value is 0.700. The van der Waals surface area contributed by atoms with Gasteiger partial charge in [-0.1, -0.05) is 25.7 Å². The second-order valence-corrected chi connectivity index (χ2v) is 4.69. The van der Waals surface area contributed by atoms with Crippen LogP contribution in [-0.2, 0) is 0 Å². The summed E-state index contributed by atoms with van der Waals surface area (Å²) in [5.74, 6) is 0.772. The van der Waals surface area contributed by atoms with E-state index in [4.69, 9.17) is 0 Å². The van der Waals surface area contributed by atoms with Gasteiger partial charge in [-0.3, -0.25) is 0 Å². The van der Waals surface area contributed by atoms with E-state index in [0.717, 1.165) is 5.92 Å². The van der Waals surface area contributed by atoms with Crippen molar-refractivity contribution < 1.29 is 0 Å². The zero-order chi connectivity index (χ0) is 7.40. The summed E-state index contributed by atoms with van der Waals surface area (Å²) in [6.07, 6.45) is 8.31. The zero-order valence-electron chi connectivity index (χ0n) is 6.29. The van der Waals surface area contributed by atoms with E-state index in [0.29, 0.717) is 4.58 Å². The fourth-order valence-corrected chi connectivity index (χ4v) is 2.21. The van der Waals surface area contributed by atoms with Crippen molar-refractivity contribution in [1.82, 2.24) is 0 Å². The molecule has 60 valence electrons. The average Bonchev–Trinajstić information content (AvgIpc) is 2.12. The summed E-state index contributed by atoms with van der Waals surface area (Å²) in [6.45, 7) is 0. The second-order valence-electron chi connectivity index (χ2n) is 3.17. The minimum Gasteiger partial charge on any atom is -0.165 e. The standard InChI is InChI=1S/C8H16S2/c9-8(10)7-5-3-1-2-4-6-7/h7-10H,1-6H2. The molecule has 1 fully saturated rings. The van der Waals surface area contributed by atoms with E-state index < -0.39 is 0 Å². The van der Waals surface area contributed by atoms with E-state index in [9.17, 15) is 0 Å². The summed E-state index contributed by atoms with van der Waals surface area (Å²) >= 11 is 8.71. The van der Waals surface area contributed by atoms with E-state index in [1.54, 1.807) is 0 Å². The van der Waals surface area contributed by atoms with Crippen LogP contribution in [0.15, 0.2) is 0 Å². The Morgan fingerprint density at radius 1 is 0.900 bits per heavy atom. The van der Waals surface area contributed by atoms with Gasteiger partial charge >= 0.3 is 0 Å². The molecular formula is C8H16S2. The zero-order valence-corrected chi connectivity index (χ0v) is 8.08. The van der Waals surface area contributed by atoms with Crippen molar-refractivity contribution in [3.8, 4) is 0 Å². The van der Waals surface area contributed by atoms with Crippen molar-refractivity contribution in [2.24, 2.45) is 5.92 Å².